The van der Waals surface area contributed by atoms with Gasteiger partial charge < -0.3 is 4.98 Å². The largest absolute Gasteiger partial charge is 0.326 e. The third kappa shape index (κ3) is 7.36. The monoisotopic (exact) mass is 339 g/mol. The Balaban J connectivity index is 0.00000151. The smallest absolute Gasteiger partial charge is 0.270 e. The molecule has 0 bridgehead atoms. The summed E-state index contributed by atoms with van der Waals surface area (Å²) in [5, 5.41) is 0. The van der Waals surface area contributed by atoms with Crippen molar-refractivity contribution in [2.75, 3.05) is 13.1 Å². The zero-order valence-electron chi connectivity index (χ0n) is 15.2. The summed E-state index contributed by atoms with van der Waals surface area (Å²) in [5.41, 5.74) is 1.74. The fourth-order valence-electron chi connectivity index (χ4n) is 2.92. The van der Waals surface area contributed by atoms with E-state index in [0.29, 0.717) is 18.2 Å². The molecule has 1 saturated heterocycles. The van der Waals surface area contributed by atoms with Gasteiger partial charge in [-0.15, -0.1) is 12.8 Å². The third-order valence-electron chi connectivity index (χ3n) is 4.29. The van der Waals surface area contributed by atoms with Crippen LogP contribution in [0, 0.1) is 18.8 Å². The van der Waals surface area contributed by atoms with Crippen LogP contribution in [-0.2, 0) is 6.54 Å². The van der Waals surface area contributed by atoms with Crippen molar-refractivity contribution in [1.29, 1.82) is 0 Å². The summed E-state index contributed by atoms with van der Waals surface area (Å²) in [5.74, 6) is 0.535. The number of H-pyrrole nitrogens is 1. The van der Waals surface area contributed by atoms with Gasteiger partial charge in [0.1, 0.15) is 5.69 Å². The molecule has 1 aliphatic rings. The second-order valence-electron chi connectivity index (χ2n) is 6.04. The highest BCUT2D eigenvalue weighted by atomic mass is 16.1. The van der Waals surface area contributed by atoms with Gasteiger partial charge in [0.15, 0.2) is 0 Å². The van der Waals surface area contributed by atoms with Gasteiger partial charge in [-0.05, 0) is 44.7 Å². The first-order valence-corrected chi connectivity index (χ1v) is 8.81. The molecule has 1 aromatic heterocycles. The number of hydrogen-bond acceptors (Lipinski definition) is 3. The lowest BCUT2D eigenvalue weighted by atomic mass is 9.92. The van der Waals surface area contributed by atoms with E-state index in [1.807, 2.05) is 0 Å². The second-order valence-corrected chi connectivity index (χ2v) is 6.04. The van der Waals surface area contributed by atoms with Crippen molar-refractivity contribution in [2.24, 2.45) is 5.92 Å². The summed E-state index contributed by atoms with van der Waals surface area (Å²) >= 11 is 0. The van der Waals surface area contributed by atoms with E-state index in [2.05, 4.69) is 65.5 Å². The zero-order chi connectivity index (χ0) is 18.5. The van der Waals surface area contributed by atoms with Crippen LogP contribution in [0.4, 0.5) is 0 Å². The molecule has 1 aromatic rings. The van der Waals surface area contributed by atoms with Gasteiger partial charge in [-0.25, -0.2) is 0 Å². The molecule has 25 heavy (non-hydrogen) atoms. The molecule has 1 unspecified atom stereocenters. The molecule has 1 N–H and O–H groups in total. The molecular weight excluding hydrogens is 310 g/mol. The molecule has 0 aromatic carbocycles. The number of nitrogens with one attached hydrogen (secondary N) is 1. The Morgan fingerprint density at radius 2 is 2.20 bits per heavy atom. The van der Waals surface area contributed by atoms with E-state index in [4.69, 9.17) is 0 Å². The maximum absolute atomic E-state index is 11.7. The third-order valence-corrected chi connectivity index (χ3v) is 4.29. The van der Waals surface area contributed by atoms with E-state index in [-0.39, 0.29) is 5.56 Å². The van der Waals surface area contributed by atoms with Crippen LogP contribution < -0.4 is 5.56 Å². The average Bonchev–Trinajstić information content (AvgIpc) is 2.88. The van der Waals surface area contributed by atoms with Gasteiger partial charge in [0.25, 0.3) is 5.56 Å². The van der Waals surface area contributed by atoms with Crippen LogP contribution in [0.3, 0.4) is 0 Å². The fourth-order valence-corrected chi connectivity index (χ4v) is 2.92. The number of terminal acetylenes is 1. The second kappa shape index (κ2) is 12.0. The fraction of sp³-hybridized carbons (Fsp3) is 0.429. The molecule has 2 heterocycles. The Kier molecular flexibility index (Phi) is 9.96. The number of likely N-dealkylation sites (tertiary alicyclic amines) is 1. The molecule has 0 spiro atoms. The molecule has 0 radical (unpaired) electrons. The van der Waals surface area contributed by atoms with Crippen molar-refractivity contribution in [2.45, 2.75) is 39.2 Å². The lowest BCUT2D eigenvalue weighted by Gasteiger charge is -2.19. The van der Waals surface area contributed by atoms with Crippen LogP contribution in [0.2, 0.25) is 0 Å². The molecule has 0 amide bonds. The van der Waals surface area contributed by atoms with Crippen LogP contribution in [0.15, 0.2) is 53.6 Å². The quantitative estimate of drug-likeness (QED) is 0.635. The average molecular weight is 339 g/mol. The van der Waals surface area contributed by atoms with Gasteiger partial charge in [-0.2, -0.15) is 0 Å². The zero-order valence-corrected chi connectivity index (χ0v) is 15.2. The number of rotatable bonds is 6. The molecular formula is C21H29N3O. The number of nitrogens with zero attached hydrogens (tertiary/aromatic N) is 2. The van der Waals surface area contributed by atoms with Gasteiger partial charge in [0.05, 0.1) is 0 Å². The minimum atomic E-state index is -0.0802. The number of hydrogen-bond donors (Lipinski definition) is 1. The minimum absolute atomic E-state index is 0.0802. The lowest BCUT2D eigenvalue weighted by Crippen LogP contribution is -2.28. The van der Waals surface area contributed by atoms with Crippen molar-refractivity contribution in [3.05, 3.63) is 64.9 Å². The van der Waals surface area contributed by atoms with Gasteiger partial charge in [0.2, 0.25) is 0 Å². The molecule has 4 heteroatoms. The van der Waals surface area contributed by atoms with Gasteiger partial charge >= 0.3 is 0 Å². The van der Waals surface area contributed by atoms with Crippen molar-refractivity contribution in [3.63, 3.8) is 0 Å². The van der Waals surface area contributed by atoms with Gasteiger partial charge in [-0.3, -0.25) is 14.7 Å². The van der Waals surface area contributed by atoms with E-state index < -0.39 is 0 Å². The van der Waals surface area contributed by atoms with Crippen LogP contribution >= 0.6 is 0 Å². The SMILES string of the molecule is C#C.C=C(/C=C\C=C/CC)C1CCCN(Cc2ncc[nH]c2=O)CC1. The van der Waals surface area contributed by atoms with Crippen molar-refractivity contribution >= 4 is 0 Å². The van der Waals surface area contributed by atoms with Crippen molar-refractivity contribution < 1.29 is 0 Å². The summed E-state index contributed by atoms with van der Waals surface area (Å²) in [6.07, 6.45) is 24.1. The highest BCUT2D eigenvalue weighted by Crippen LogP contribution is 2.25. The first-order chi connectivity index (χ1) is 12.2. The number of allylic oxidation sites excluding steroid dienone is 5. The Morgan fingerprint density at radius 1 is 1.40 bits per heavy atom. The van der Waals surface area contributed by atoms with Gasteiger partial charge in [0, 0.05) is 18.9 Å². The van der Waals surface area contributed by atoms with Gasteiger partial charge in [-0.1, -0.05) is 43.4 Å². The summed E-state index contributed by atoms with van der Waals surface area (Å²) in [4.78, 5) is 21.0. The predicted molar refractivity (Wildman–Crippen MR) is 105 cm³/mol. The summed E-state index contributed by atoms with van der Waals surface area (Å²) in [7, 11) is 0. The molecule has 2 rings (SSSR count). The van der Waals surface area contributed by atoms with E-state index >= 15 is 0 Å². The Bertz CT molecular complexity index is 654. The Morgan fingerprint density at radius 3 is 2.92 bits per heavy atom. The highest BCUT2D eigenvalue weighted by molar-refractivity contribution is 5.22. The maximum atomic E-state index is 11.7. The molecule has 4 nitrogen and oxygen atoms in total. The number of aromatic amines is 1. The molecule has 0 saturated carbocycles. The lowest BCUT2D eigenvalue weighted by molar-refractivity contribution is 0.270. The minimum Gasteiger partial charge on any atom is -0.326 e. The molecule has 1 aliphatic heterocycles. The van der Waals surface area contributed by atoms with E-state index in [0.717, 1.165) is 38.8 Å². The van der Waals surface area contributed by atoms with Crippen LogP contribution in [-0.4, -0.2) is 28.0 Å². The first kappa shape index (κ1) is 20.7. The summed E-state index contributed by atoms with van der Waals surface area (Å²) < 4.78 is 0. The van der Waals surface area contributed by atoms with E-state index in [9.17, 15) is 4.79 Å². The van der Waals surface area contributed by atoms with Crippen LogP contribution in [0.5, 0.6) is 0 Å². The standard InChI is InChI=1S/C19H27N3O.C2H2/c1-3-4-5-6-8-16(2)17-9-7-13-22(14-10-17)15-18-19(23)21-12-11-20-18;1-2/h4-6,8,11-12,17H,2-3,7,9-10,13-15H2,1H3,(H,21,23);1-2H/b5-4-,8-6-;. The molecule has 1 fully saturated rings. The molecule has 1 atom stereocenters. The number of aromatic nitrogens is 2. The van der Waals surface area contributed by atoms with Crippen LogP contribution in [0.1, 0.15) is 38.3 Å². The van der Waals surface area contributed by atoms with Crippen LogP contribution in [0.25, 0.3) is 0 Å². The molecule has 134 valence electrons. The first-order valence-electron chi connectivity index (χ1n) is 8.81. The maximum Gasteiger partial charge on any atom is 0.270 e. The topological polar surface area (TPSA) is 49.0 Å². The summed E-state index contributed by atoms with van der Waals surface area (Å²) in [6, 6.07) is 0. The van der Waals surface area contributed by atoms with E-state index in [1.165, 1.54) is 5.57 Å². The van der Waals surface area contributed by atoms with Crippen molar-refractivity contribution in [1.82, 2.24) is 14.9 Å². The Hall–Kier alpha value is -2.38. The van der Waals surface area contributed by atoms with E-state index in [1.54, 1.807) is 12.4 Å². The summed E-state index contributed by atoms with van der Waals surface area (Å²) in [6.45, 7) is 8.99. The van der Waals surface area contributed by atoms with Crippen molar-refractivity contribution in [3.8, 4) is 12.8 Å². The normalized spacial score (nSPS) is 18.6. The molecule has 0 aliphatic carbocycles. The Labute approximate surface area is 151 Å². The predicted octanol–water partition coefficient (Wildman–Crippen LogP) is 3.70. The highest BCUT2D eigenvalue weighted by Gasteiger charge is 2.19.